The fourth-order valence-corrected chi connectivity index (χ4v) is 2.07. The van der Waals surface area contributed by atoms with Gasteiger partial charge in [-0.25, -0.2) is 4.68 Å². The summed E-state index contributed by atoms with van der Waals surface area (Å²) in [5.74, 6) is -0.497. The van der Waals surface area contributed by atoms with Crippen LogP contribution in [0.3, 0.4) is 0 Å². The minimum absolute atomic E-state index is 0.0485. The molecule has 1 rings (SSSR count). The highest BCUT2D eigenvalue weighted by Gasteiger charge is 2.20. The Morgan fingerprint density at radius 3 is 2.72 bits per heavy atom. The van der Waals surface area contributed by atoms with Crippen molar-refractivity contribution in [3.05, 3.63) is 0 Å². The molecule has 100 valence electrons. The number of hydrogen-bond acceptors (Lipinski definition) is 7. The van der Waals surface area contributed by atoms with Crippen molar-refractivity contribution in [3.8, 4) is 0 Å². The molecule has 0 bridgehead atoms. The van der Waals surface area contributed by atoms with Crippen LogP contribution in [0.15, 0.2) is 5.16 Å². The molecule has 0 radical (unpaired) electrons. The second-order valence-electron chi connectivity index (χ2n) is 3.69. The molecular weight excluding hydrogens is 258 g/mol. The Hall–Kier alpha value is -1.64. The monoisotopic (exact) mass is 273 g/mol. The number of thioether (sulfide) groups is 1. The number of aromatic nitrogens is 4. The second-order valence-corrected chi connectivity index (χ2v) is 5.00. The molecule has 0 aliphatic carbocycles. The van der Waals surface area contributed by atoms with E-state index in [1.165, 1.54) is 28.5 Å². The van der Waals surface area contributed by atoms with Gasteiger partial charge in [0.1, 0.15) is 6.54 Å². The third-order valence-electron chi connectivity index (χ3n) is 2.08. The summed E-state index contributed by atoms with van der Waals surface area (Å²) in [6.45, 7) is 1.68. The van der Waals surface area contributed by atoms with E-state index in [-0.39, 0.29) is 17.7 Å². The molecule has 0 saturated heterocycles. The lowest BCUT2D eigenvalue weighted by molar-refractivity contribution is -0.141. The average Bonchev–Trinajstić information content (AvgIpc) is 2.75. The van der Waals surface area contributed by atoms with Crippen LogP contribution in [-0.2, 0) is 20.9 Å². The number of tetrazole rings is 1. The van der Waals surface area contributed by atoms with Gasteiger partial charge in [-0.3, -0.25) is 9.59 Å². The van der Waals surface area contributed by atoms with Gasteiger partial charge in [0.05, 0.1) is 12.4 Å². The summed E-state index contributed by atoms with van der Waals surface area (Å²) in [6.07, 6.45) is 0. The van der Waals surface area contributed by atoms with Crippen molar-refractivity contribution in [2.24, 2.45) is 0 Å². The number of carbonyl (C=O) groups excluding carboxylic acids is 2. The van der Waals surface area contributed by atoms with Crippen molar-refractivity contribution in [2.45, 2.75) is 23.9 Å². The van der Waals surface area contributed by atoms with Crippen molar-refractivity contribution in [3.63, 3.8) is 0 Å². The smallest absolute Gasteiger partial charge is 0.327 e. The van der Waals surface area contributed by atoms with E-state index in [1.807, 2.05) is 0 Å². The zero-order valence-corrected chi connectivity index (χ0v) is 11.5. The summed E-state index contributed by atoms with van der Waals surface area (Å²) >= 11 is 1.19. The van der Waals surface area contributed by atoms with Crippen LogP contribution < -0.4 is 0 Å². The first-order valence-corrected chi connectivity index (χ1v) is 6.04. The SMILES string of the molecule is COC(=O)Cn1nnnc1SC(C)C(=O)N(C)C. The Balaban J connectivity index is 2.70. The number of hydrogen-bond donors (Lipinski definition) is 0. The van der Waals surface area contributed by atoms with Crippen LogP contribution in [0.25, 0.3) is 0 Å². The van der Waals surface area contributed by atoms with Crippen LogP contribution in [0.5, 0.6) is 0 Å². The molecule has 0 aliphatic rings. The average molecular weight is 273 g/mol. The molecule has 1 atom stereocenters. The van der Waals surface area contributed by atoms with Gasteiger partial charge in [0, 0.05) is 14.1 Å². The molecule has 9 heteroatoms. The van der Waals surface area contributed by atoms with E-state index in [9.17, 15) is 9.59 Å². The van der Waals surface area contributed by atoms with Gasteiger partial charge in [0.2, 0.25) is 11.1 Å². The predicted octanol–water partition coefficient (Wildman–Crippen LogP) is -0.585. The Labute approximate surface area is 109 Å². The predicted molar refractivity (Wildman–Crippen MR) is 63.8 cm³/mol. The van der Waals surface area contributed by atoms with Crippen molar-refractivity contribution in [1.29, 1.82) is 0 Å². The molecule has 0 fully saturated rings. The number of nitrogens with zero attached hydrogens (tertiary/aromatic N) is 5. The lowest BCUT2D eigenvalue weighted by atomic mass is 10.4. The first-order valence-electron chi connectivity index (χ1n) is 5.16. The highest BCUT2D eigenvalue weighted by atomic mass is 32.2. The van der Waals surface area contributed by atoms with E-state index in [1.54, 1.807) is 21.0 Å². The number of carbonyl (C=O) groups is 2. The summed E-state index contributed by atoms with van der Waals surface area (Å²) in [6, 6.07) is 0. The maximum absolute atomic E-state index is 11.7. The minimum atomic E-state index is -0.448. The zero-order chi connectivity index (χ0) is 13.7. The summed E-state index contributed by atoms with van der Waals surface area (Å²) < 4.78 is 5.83. The van der Waals surface area contributed by atoms with Crippen LogP contribution in [0.2, 0.25) is 0 Å². The zero-order valence-electron chi connectivity index (χ0n) is 10.7. The highest BCUT2D eigenvalue weighted by Crippen LogP contribution is 2.21. The minimum Gasteiger partial charge on any atom is -0.468 e. The van der Waals surface area contributed by atoms with Gasteiger partial charge in [-0.15, -0.1) is 5.10 Å². The summed E-state index contributed by atoms with van der Waals surface area (Å²) in [5.41, 5.74) is 0. The number of amides is 1. The van der Waals surface area contributed by atoms with Gasteiger partial charge in [0.25, 0.3) is 0 Å². The molecule has 0 N–H and O–H groups in total. The fourth-order valence-electron chi connectivity index (χ4n) is 1.14. The van der Waals surface area contributed by atoms with E-state index in [0.29, 0.717) is 5.16 Å². The van der Waals surface area contributed by atoms with E-state index >= 15 is 0 Å². The molecule has 1 heterocycles. The van der Waals surface area contributed by atoms with Crippen LogP contribution in [0.4, 0.5) is 0 Å². The Morgan fingerprint density at radius 2 is 2.17 bits per heavy atom. The van der Waals surface area contributed by atoms with Gasteiger partial charge in [-0.05, 0) is 17.4 Å². The summed E-state index contributed by atoms with van der Waals surface area (Å²) in [4.78, 5) is 24.3. The van der Waals surface area contributed by atoms with Gasteiger partial charge in [0.15, 0.2) is 0 Å². The van der Waals surface area contributed by atoms with Crippen LogP contribution in [0.1, 0.15) is 6.92 Å². The number of rotatable bonds is 5. The molecule has 0 spiro atoms. The molecular formula is C9H15N5O3S. The summed E-state index contributed by atoms with van der Waals surface area (Å²) in [5, 5.41) is 11.0. The van der Waals surface area contributed by atoms with Crippen LogP contribution in [0, 0.1) is 0 Å². The molecule has 0 aromatic carbocycles. The Morgan fingerprint density at radius 1 is 1.50 bits per heavy atom. The van der Waals surface area contributed by atoms with E-state index in [0.717, 1.165) is 0 Å². The molecule has 8 nitrogen and oxygen atoms in total. The van der Waals surface area contributed by atoms with Crippen molar-refractivity contribution in [1.82, 2.24) is 25.1 Å². The van der Waals surface area contributed by atoms with Gasteiger partial charge in [-0.1, -0.05) is 11.8 Å². The third kappa shape index (κ3) is 3.69. The summed E-state index contributed by atoms with van der Waals surface area (Å²) in [7, 11) is 4.64. The topological polar surface area (TPSA) is 90.2 Å². The first-order chi connectivity index (χ1) is 8.45. The lowest BCUT2D eigenvalue weighted by Gasteiger charge is -2.15. The largest absolute Gasteiger partial charge is 0.468 e. The molecule has 1 aromatic heterocycles. The van der Waals surface area contributed by atoms with Crippen LogP contribution >= 0.6 is 11.8 Å². The standard InChI is InChI=1S/C9H15N5O3S/c1-6(8(16)13(2)3)18-9-10-11-12-14(9)5-7(15)17-4/h6H,5H2,1-4H3. The van der Waals surface area contributed by atoms with Crippen molar-refractivity contribution < 1.29 is 14.3 Å². The van der Waals surface area contributed by atoms with Crippen LogP contribution in [-0.4, -0.2) is 63.4 Å². The fraction of sp³-hybridized carbons (Fsp3) is 0.667. The normalized spacial score (nSPS) is 12.0. The van der Waals surface area contributed by atoms with Gasteiger partial charge >= 0.3 is 5.97 Å². The Kier molecular flexibility index (Phi) is 5.08. The van der Waals surface area contributed by atoms with Gasteiger partial charge < -0.3 is 9.64 Å². The third-order valence-corrected chi connectivity index (χ3v) is 3.13. The van der Waals surface area contributed by atoms with Crippen molar-refractivity contribution in [2.75, 3.05) is 21.2 Å². The first kappa shape index (κ1) is 14.4. The number of methoxy groups -OCH3 is 1. The lowest BCUT2D eigenvalue weighted by Crippen LogP contribution is -2.30. The maximum atomic E-state index is 11.7. The molecule has 1 amide bonds. The molecule has 0 aliphatic heterocycles. The Bertz CT molecular complexity index is 434. The quantitative estimate of drug-likeness (QED) is 0.523. The number of esters is 1. The van der Waals surface area contributed by atoms with Gasteiger partial charge in [-0.2, -0.15) is 0 Å². The number of ether oxygens (including phenoxy) is 1. The maximum Gasteiger partial charge on any atom is 0.327 e. The molecule has 18 heavy (non-hydrogen) atoms. The molecule has 1 aromatic rings. The second kappa shape index (κ2) is 6.34. The van der Waals surface area contributed by atoms with E-state index in [4.69, 9.17) is 0 Å². The molecule has 0 saturated carbocycles. The molecule has 1 unspecified atom stereocenters. The highest BCUT2D eigenvalue weighted by molar-refractivity contribution is 8.00. The van der Waals surface area contributed by atoms with Crippen molar-refractivity contribution >= 4 is 23.6 Å². The van der Waals surface area contributed by atoms with E-state index < -0.39 is 5.97 Å². The van der Waals surface area contributed by atoms with E-state index in [2.05, 4.69) is 20.3 Å².